The van der Waals surface area contributed by atoms with Gasteiger partial charge in [-0.25, -0.2) is 0 Å². The molecule has 64 heavy (non-hydrogen) atoms. The highest BCUT2D eigenvalue weighted by atomic mass is 15.1. The second-order valence-electron chi connectivity index (χ2n) is 16.8. The number of benzene rings is 11. The minimum absolute atomic E-state index is 0.447. The molecule has 0 amide bonds. The molecular weight excluding hydrogens is 771 g/mol. The molecule has 11 aromatic carbocycles. The monoisotopic (exact) mass is 813 g/mol. The third-order valence-corrected chi connectivity index (χ3v) is 13.3. The molecule has 1 nitrogen and oxygen atoms in total. The third-order valence-electron chi connectivity index (χ3n) is 13.3. The van der Waals surface area contributed by atoms with Crippen LogP contribution in [0.5, 0.6) is 0 Å². The van der Waals surface area contributed by atoms with Crippen LogP contribution in [-0.4, -0.2) is 0 Å². The Kier molecular flexibility index (Phi) is 9.13. The maximum atomic E-state index is 2.42. The molecule has 1 aliphatic rings. The van der Waals surface area contributed by atoms with Crippen LogP contribution in [0.15, 0.2) is 261 Å². The standard InChI is InChI=1S/C63H43N/c1-3-21-52(22-4-1)63(53-23-5-2-6-24-53)59-29-12-11-27-58(59)62-57(28-15-30-60(62)63)48-38-40-54(41-39-48)64(61-31-14-19-47-17-9-10-26-56(47)61)55-25-13-20-50(43-55)45-32-34-46(35-33-45)51-37-36-44-16-7-8-18-49(44)42-51/h1-43H. The summed E-state index contributed by atoms with van der Waals surface area (Å²) in [5.74, 6) is 0. The molecule has 0 bridgehead atoms. The molecule has 0 aliphatic heterocycles. The number of anilines is 3. The maximum absolute atomic E-state index is 2.42. The van der Waals surface area contributed by atoms with Crippen LogP contribution in [-0.2, 0) is 5.41 Å². The van der Waals surface area contributed by atoms with Gasteiger partial charge in [-0.2, -0.15) is 0 Å². The Bertz CT molecular complexity index is 3430. The van der Waals surface area contributed by atoms with Gasteiger partial charge in [-0.05, 0) is 119 Å². The molecule has 0 unspecified atom stereocenters. The van der Waals surface area contributed by atoms with Gasteiger partial charge in [-0.3, -0.25) is 0 Å². The lowest BCUT2D eigenvalue weighted by molar-refractivity contribution is 0.768. The van der Waals surface area contributed by atoms with Gasteiger partial charge in [0.2, 0.25) is 0 Å². The lowest BCUT2D eigenvalue weighted by atomic mass is 9.67. The molecule has 0 N–H and O–H groups in total. The van der Waals surface area contributed by atoms with E-state index in [1.54, 1.807) is 0 Å². The smallest absolute Gasteiger partial charge is 0.0713 e. The van der Waals surface area contributed by atoms with E-state index in [2.05, 4.69) is 266 Å². The first-order valence-corrected chi connectivity index (χ1v) is 22.2. The SMILES string of the molecule is c1ccc(C2(c3ccccc3)c3ccccc3-c3c(-c4ccc(N(c5cccc(-c6ccc(-c7ccc8ccccc8c7)cc6)c5)c5cccc6ccccc56)cc4)cccc32)cc1. The summed E-state index contributed by atoms with van der Waals surface area (Å²) in [6.07, 6.45) is 0. The first-order valence-electron chi connectivity index (χ1n) is 22.2. The molecular formula is C63H43N. The van der Waals surface area contributed by atoms with Crippen LogP contribution in [0.2, 0.25) is 0 Å². The van der Waals surface area contributed by atoms with Crippen molar-refractivity contribution in [2.24, 2.45) is 0 Å². The first-order chi connectivity index (χ1) is 31.7. The van der Waals surface area contributed by atoms with Crippen LogP contribution in [0.4, 0.5) is 17.1 Å². The first kappa shape index (κ1) is 37.5. The fourth-order valence-electron chi connectivity index (χ4n) is 10.4. The van der Waals surface area contributed by atoms with E-state index in [-0.39, 0.29) is 0 Å². The van der Waals surface area contributed by atoms with Crippen LogP contribution < -0.4 is 4.90 Å². The van der Waals surface area contributed by atoms with Crippen LogP contribution >= 0.6 is 0 Å². The van der Waals surface area contributed by atoms with Gasteiger partial charge in [-0.15, -0.1) is 0 Å². The van der Waals surface area contributed by atoms with Crippen molar-refractivity contribution in [3.63, 3.8) is 0 Å². The van der Waals surface area contributed by atoms with Crippen molar-refractivity contribution in [3.05, 3.63) is 283 Å². The summed E-state index contributed by atoms with van der Waals surface area (Å²) in [4.78, 5) is 2.42. The van der Waals surface area contributed by atoms with E-state index in [1.807, 2.05) is 0 Å². The largest absolute Gasteiger partial charge is 0.310 e. The molecule has 11 aromatic rings. The summed E-state index contributed by atoms with van der Waals surface area (Å²) in [5, 5.41) is 4.92. The van der Waals surface area contributed by atoms with E-state index >= 15 is 0 Å². The van der Waals surface area contributed by atoms with Crippen molar-refractivity contribution >= 4 is 38.6 Å². The Hall–Kier alpha value is -8.26. The quantitative estimate of drug-likeness (QED) is 0.148. The van der Waals surface area contributed by atoms with E-state index < -0.39 is 5.41 Å². The molecule has 1 aliphatic carbocycles. The number of fused-ring (bicyclic) bond motifs is 5. The highest BCUT2D eigenvalue weighted by Gasteiger charge is 2.46. The fourth-order valence-corrected chi connectivity index (χ4v) is 10.4. The zero-order valence-electron chi connectivity index (χ0n) is 35.3. The summed E-state index contributed by atoms with van der Waals surface area (Å²) in [7, 11) is 0. The average Bonchev–Trinajstić information content (AvgIpc) is 3.69. The minimum Gasteiger partial charge on any atom is -0.310 e. The molecule has 0 saturated heterocycles. The highest BCUT2D eigenvalue weighted by molar-refractivity contribution is 6.00. The average molecular weight is 814 g/mol. The van der Waals surface area contributed by atoms with E-state index in [4.69, 9.17) is 0 Å². The van der Waals surface area contributed by atoms with Gasteiger partial charge in [0.1, 0.15) is 0 Å². The third kappa shape index (κ3) is 6.16. The van der Waals surface area contributed by atoms with Gasteiger partial charge >= 0.3 is 0 Å². The number of hydrogen-bond donors (Lipinski definition) is 0. The number of nitrogens with zero attached hydrogens (tertiary/aromatic N) is 1. The van der Waals surface area contributed by atoms with Gasteiger partial charge in [0.25, 0.3) is 0 Å². The van der Waals surface area contributed by atoms with Gasteiger partial charge < -0.3 is 4.90 Å². The Morgan fingerprint density at radius 2 is 0.812 bits per heavy atom. The molecule has 300 valence electrons. The predicted octanol–water partition coefficient (Wildman–Crippen LogP) is 16.8. The Morgan fingerprint density at radius 3 is 1.56 bits per heavy atom. The zero-order chi connectivity index (χ0) is 42.5. The number of hydrogen-bond acceptors (Lipinski definition) is 1. The molecule has 0 atom stereocenters. The van der Waals surface area contributed by atoms with Crippen LogP contribution in [0.1, 0.15) is 22.3 Å². The van der Waals surface area contributed by atoms with Crippen molar-refractivity contribution in [2.45, 2.75) is 5.41 Å². The summed E-state index contributed by atoms with van der Waals surface area (Å²) in [6, 6.07) is 95.7. The summed E-state index contributed by atoms with van der Waals surface area (Å²) in [5.41, 5.74) is 17.8. The zero-order valence-corrected chi connectivity index (χ0v) is 35.3. The lowest BCUT2D eigenvalue weighted by Crippen LogP contribution is -2.28. The second-order valence-corrected chi connectivity index (χ2v) is 16.8. The topological polar surface area (TPSA) is 3.24 Å². The van der Waals surface area contributed by atoms with Crippen molar-refractivity contribution < 1.29 is 0 Å². The van der Waals surface area contributed by atoms with Crippen LogP contribution in [0.25, 0.3) is 66.1 Å². The van der Waals surface area contributed by atoms with E-state index in [1.165, 1.54) is 88.3 Å². The molecule has 0 aromatic heterocycles. The molecule has 0 spiro atoms. The second kappa shape index (κ2) is 15.6. The van der Waals surface area contributed by atoms with E-state index in [0.717, 1.165) is 17.1 Å². The normalized spacial score (nSPS) is 12.5. The van der Waals surface area contributed by atoms with Gasteiger partial charge in [0.15, 0.2) is 0 Å². The highest BCUT2D eigenvalue weighted by Crippen LogP contribution is 2.58. The molecule has 12 rings (SSSR count). The van der Waals surface area contributed by atoms with Gasteiger partial charge in [-0.1, -0.05) is 224 Å². The molecule has 0 saturated carbocycles. The summed E-state index contributed by atoms with van der Waals surface area (Å²) >= 11 is 0. The molecule has 1 heteroatoms. The van der Waals surface area contributed by atoms with Crippen molar-refractivity contribution in [1.29, 1.82) is 0 Å². The van der Waals surface area contributed by atoms with E-state index in [0.29, 0.717) is 0 Å². The summed E-state index contributed by atoms with van der Waals surface area (Å²) < 4.78 is 0. The van der Waals surface area contributed by atoms with Crippen molar-refractivity contribution in [3.8, 4) is 44.5 Å². The van der Waals surface area contributed by atoms with Crippen molar-refractivity contribution in [1.82, 2.24) is 0 Å². The fraction of sp³-hybridized carbons (Fsp3) is 0.0159. The predicted molar refractivity (Wildman–Crippen MR) is 270 cm³/mol. The molecule has 0 radical (unpaired) electrons. The van der Waals surface area contributed by atoms with Crippen molar-refractivity contribution in [2.75, 3.05) is 4.90 Å². The summed E-state index contributed by atoms with van der Waals surface area (Å²) in [6.45, 7) is 0. The number of rotatable bonds is 8. The lowest BCUT2D eigenvalue weighted by Gasteiger charge is -2.34. The minimum atomic E-state index is -0.447. The Labute approximate surface area is 374 Å². The maximum Gasteiger partial charge on any atom is 0.0713 e. The molecule has 0 fully saturated rings. The van der Waals surface area contributed by atoms with Crippen LogP contribution in [0.3, 0.4) is 0 Å². The molecule has 0 heterocycles. The van der Waals surface area contributed by atoms with Crippen LogP contribution in [0, 0.1) is 0 Å². The Balaban J connectivity index is 0.965. The van der Waals surface area contributed by atoms with Gasteiger partial charge in [0, 0.05) is 16.8 Å². The van der Waals surface area contributed by atoms with E-state index in [9.17, 15) is 0 Å². The van der Waals surface area contributed by atoms with Gasteiger partial charge in [0.05, 0.1) is 11.1 Å². The Morgan fingerprint density at radius 1 is 0.281 bits per heavy atom.